The van der Waals surface area contributed by atoms with Crippen LogP contribution in [-0.4, -0.2) is 31.6 Å². The van der Waals surface area contributed by atoms with E-state index in [0.717, 1.165) is 17.7 Å². The number of nitrogens with one attached hydrogen (secondary N) is 1. The Morgan fingerprint density at radius 1 is 1.39 bits per heavy atom. The van der Waals surface area contributed by atoms with Gasteiger partial charge in [-0.25, -0.2) is 0 Å². The molecule has 1 aromatic carbocycles. The normalized spacial score (nSPS) is 24.3. The highest BCUT2D eigenvalue weighted by Crippen LogP contribution is 2.49. The van der Waals surface area contributed by atoms with Crippen molar-refractivity contribution in [2.45, 2.75) is 48.7 Å². The maximum atomic E-state index is 12.7. The van der Waals surface area contributed by atoms with Crippen LogP contribution in [0.2, 0.25) is 0 Å². The molecular formula is C19H23N5O3S. The second-order valence-electron chi connectivity index (χ2n) is 7.87. The molecule has 1 amide bonds. The lowest BCUT2D eigenvalue weighted by molar-refractivity contribution is -0.387. The molecule has 2 aliphatic carbocycles. The molecule has 0 spiro atoms. The van der Waals surface area contributed by atoms with Crippen LogP contribution in [-0.2, 0) is 7.05 Å². The zero-order valence-electron chi connectivity index (χ0n) is 15.9. The average molecular weight is 401 g/mol. The highest BCUT2D eigenvalue weighted by molar-refractivity contribution is 7.99. The minimum absolute atomic E-state index is 0.0783. The summed E-state index contributed by atoms with van der Waals surface area (Å²) in [5.74, 6) is 1.78. The molecule has 2 fully saturated rings. The molecule has 1 aromatic heterocycles. The molecule has 4 rings (SSSR count). The molecule has 0 aliphatic heterocycles. The Morgan fingerprint density at radius 3 is 2.82 bits per heavy atom. The minimum Gasteiger partial charge on any atom is -0.349 e. The van der Waals surface area contributed by atoms with Gasteiger partial charge in [0, 0.05) is 24.7 Å². The van der Waals surface area contributed by atoms with Crippen molar-refractivity contribution in [3.63, 3.8) is 0 Å². The molecule has 1 N–H and O–H groups in total. The molecule has 2 saturated carbocycles. The van der Waals surface area contributed by atoms with Gasteiger partial charge < -0.3 is 9.88 Å². The van der Waals surface area contributed by atoms with Crippen molar-refractivity contribution < 1.29 is 9.72 Å². The van der Waals surface area contributed by atoms with Gasteiger partial charge in [-0.05, 0) is 67.8 Å². The van der Waals surface area contributed by atoms with E-state index in [1.165, 1.54) is 38.1 Å². The van der Waals surface area contributed by atoms with Gasteiger partial charge in [0.2, 0.25) is 0 Å². The summed E-state index contributed by atoms with van der Waals surface area (Å²) in [4.78, 5) is 24.2. The van der Waals surface area contributed by atoms with Gasteiger partial charge in [0.1, 0.15) is 6.33 Å². The predicted molar refractivity (Wildman–Crippen MR) is 104 cm³/mol. The van der Waals surface area contributed by atoms with Gasteiger partial charge in [-0.3, -0.25) is 14.9 Å². The third-order valence-corrected chi connectivity index (χ3v) is 7.20. The van der Waals surface area contributed by atoms with Gasteiger partial charge in [-0.2, -0.15) is 0 Å². The van der Waals surface area contributed by atoms with Crippen molar-refractivity contribution >= 4 is 23.4 Å². The highest BCUT2D eigenvalue weighted by Gasteiger charge is 2.42. The predicted octanol–water partition coefficient (Wildman–Crippen LogP) is 3.43. The third kappa shape index (κ3) is 3.63. The first-order chi connectivity index (χ1) is 13.4. The molecule has 0 radical (unpaired) electrons. The molecule has 2 aromatic rings. The molecule has 8 nitrogen and oxygen atoms in total. The number of nitro groups is 1. The first-order valence-corrected chi connectivity index (χ1v) is 10.3. The van der Waals surface area contributed by atoms with E-state index in [9.17, 15) is 14.9 Å². The monoisotopic (exact) mass is 401 g/mol. The number of hydrogen-bond donors (Lipinski definition) is 1. The molecule has 9 heteroatoms. The molecule has 28 heavy (non-hydrogen) atoms. The van der Waals surface area contributed by atoms with Crippen molar-refractivity contribution in [1.29, 1.82) is 0 Å². The zero-order chi connectivity index (χ0) is 19.8. The van der Waals surface area contributed by atoms with Crippen LogP contribution < -0.4 is 5.32 Å². The van der Waals surface area contributed by atoms with E-state index >= 15 is 0 Å². The summed E-state index contributed by atoms with van der Waals surface area (Å²) < 4.78 is 1.69. The van der Waals surface area contributed by atoms with Gasteiger partial charge >= 0.3 is 0 Å². The van der Waals surface area contributed by atoms with Crippen LogP contribution in [0.3, 0.4) is 0 Å². The average Bonchev–Trinajstić information content (AvgIpc) is 3.39. The quantitative estimate of drug-likeness (QED) is 0.588. The smallest absolute Gasteiger partial charge is 0.284 e. The van der Waals surface area contributed by atoms with Crippen LogP contribution >= 0.6 is 11.8 Å². The van der Waals surface area contributed by atoms with Gasteiger partial charge in [0.25, 0.3) is 11.6 Å². The Labute approximate surface area is 167 Å². The second-order valence-corrected chi connectivity index (χ2v) is 8.88. The number of benzene rings is 1. The summed E-state index contributed by atoms with van der Waals surface area (Å²) in [5, 5.41) is 22.9. The lowest BCUT2D eigenvalue weighted by Gasteiger charge is -2.28. The molecule has 4 unspecified atom stereocenters. The summed E-state index contributed by atoms with van der Waals surface area (Å²) in [6.45, 7) is 2.05. The fourth-order valence-electron chi connectivity index (χ4n) is 4.65. The van der Waals surface area contributed by atoms with Crippen LogP contribution in [0, 0.1) is 27.9 Å². The van der Waals surface area contributed by atoms with E-state index in [2.05, 4.69) is 22.4 Å². The summed E-state index contributed by atoms with van der Waals surface area (Å²) in [5.41, 5.74) is 0.206. The number of rotatable bonds is 6. The van der Waals surface area contributed by atoms with Crippen molar-refractivity contribution in [3.05, 3.63) is 40.2 Å². The fraction of sp³-hybridized carbons (Fsp3) is 0.526. The number of nitrogens with zero attached hydrogens (tertiary/aromatic N) is 4. The fourth-order valence-corrected chi connectivity index (χ4v) is 5.50. The molecule has 2 bridgehead atoms. The molecule has 4 atom stereocenters. The third-order valence-electron chi connectivity index (χ3n) is 6.08. The SMILES string of the molecule is CC(NC(=O)c1ccc(Sc2nncn2C)c([N+](=O)[O-])c1)C1CC2CCC1C2. The van der Waals surface area contributed by atoms with E-state index in [1.54, 1.807) is 23.7 Å². The van der Waals surface area contributed by atoms with E-state index < -0.39 is 4.92 Å². The van der Waals surface area contributed by atoms with Crippen molar-refractivity contribution in [3.8, 4) is 0 Å². The Balaban J connectivity index is 1.49. The number of aryl methyl sites for hydroxylation is 1. The second kappa shape index (κ2) is 7.54. The summed E-state index contributed by atoms with van der Waals surface area (Å²) in [6, 6.07) is 4.67. The van der Waals surface area contributed by atoms with Crippen molar-refractivity contribution in [2.75, 3.05) is 0 Å². The van der Waals surface area contributed by atoms with E-state index in [0.29, 0.717) is 27.5 Å². The number of amides is 1. The number of carbonyl (C=O) groups is 1. The molecule has 148 valence electrons. The van der Waals surface area contributed by atoms with Gasteiger partial charge in [0.15, 0.2) is 5.16 Å². The number of aromatic nitrogens is 3. The largest absolute Gasteiger partial charge is 0.349 e. The van der Waals surface area contributed by atoms with Gasteiger partial charge in [0.05, 0.1) is 9.82 Å². The molecular weight excluding hydrogens is 378 g/mol. The molecule has 0 saturated heterocycles. The standard InChI is InChI=1S/C19H23N5O3S/c1-11(15-8-12-3-4-13(15)7-12)21-18(25)14-5-6-17(16(9-14)24(26)27)28-19-22-20-10-23(19)2/h5-6,9-13,15H,3-4,7-8H2,1-2H3,(H,21,25). The first-order valence-electron chi connectivity index (χ1n) is 9.53. The van der Waals surface area contributed by atoms with Gasteiger partial charge in [-0.1, -0.05) is 6.42 Å². The van der Waals surface area contributed by atoms with Crippen LogP contribution in [0.15, 0.2) is 34.6 Å². The number of hydrogen-bond acceptors (Lipinski definition) is 6. The van der Waals surface area contributed by atoms with Crippen LogP contribution in [0.5, 0.6) is 0 Å². The lowest BCUT2D eigenvalue weighted by atomic mass is 9.84. The van der Waals surface area contributed by atoms with Crippen LogP contribution in [0.1, 0.15) is 43.0 Å². The Kier molecular flexibility index (Phi) is 5.09. The highest BCUT2D eigenvalue weighted by atomic mass is 32.2. The number of carbonyl (C=O) groups excluding carboxylic acids is 1. The lowest BCUT2D eigenvalue weighted by Crippen LogP contribution is -2.40. The molecule has 1 heterocycles. The minimum atomic E-state index is -0.463. The summed E-state index contributed by atoms with van der Waals surface area (Å²) in [7, 11) is 1.77. The Hall–Kier alpha value is -2.42. The van der Waals surface area contributed by atoms with Gasteiger partial charge in [-0.15, -0.1) is 10.2 Å². The summed E-state index contributed by atoms with van der Waals surface area (Å²) in [6.07, 6.45) is 6.57. The van der Waals surface area contributed by atoms with Crippen LogP contribution in [0.4, 0.5) is 5.69 Å². The maximum absolute atomic E-state index is 12.7. The van der Waals surface area contributed by atoms with Crippen molar-refractivity contribution in [1.82, 2.24) is 20.1 Å². The summed E-state index contributed by atoms with van der Waals surface area (Å²) >= 11 is 1.15. The first kappa shape index (κ1) is 18.9. The molecule has 2 aliphatic rings. The number of fused-ring (bicyclic) bond motifs is 2. The Morgan fingerprint density at radius 2 is 2.21 bits per heavy atom. The van der Waals surface area contributed by atoms with E-state index in [4.69, 9.17) is 0 Å². The van der Waals surface area contributed by atoms with E-state index in [-0.39, 0.29) is 17.6 Å². The number of nitro benzene ring substituents is 1. The Bertz CT molecular complexity index is 915. The van der Waals surface area contributed by atoms with Crippen LogP contribution in [0.25, 0.3) is 0 Å². The zero-order valence-corrected chi connectivity index (χ0v) is 16.7. The topological polar surface area (TPSA) is 103 Å². The maximum Gasteiger partial charge on any atom is 0.284 e. The van der Waals surface area contributed by atoms with Crippen molar-refractivity contribution in [2.24, 2.45) is 24.8 Å². The van der Waals surface area contributed by atoms with E-state index in [1.807, 2.05) is 0 Å².